The van der Waals surface area contributed by atoms with Crippen LogP contribution in [0.2, 0.25) is 0 Å². The van der Waals surface area contributed by atoms with Crippen LogP contribution in [-0.4, -0.2) is 6.26 Å². The minimum atomic E-state index is -0.316. The second-order valence-electron chi connectivity index (χ2n) is 3.85. The van der Waals surface area contributed by atoms with Crippen molar-refractivity contribution in [2.75, 3.05) is 11.6 Å². The van der Waals surface area contributed by atoms with E-state index in [1.807, 2.05) is 48.7 Å². The fraction of sp³-hybridized carbons (Fsp3) is 0.133. The molecular weight excluding hydrogens is 240 g/mol. The predicted molar refractivity (Wildman–Crippen MR) is 76.6 cm³/mol. The summed E-state index contributed by atoms with van der Waals surface area (Å²) in [6.45, 7) is 0. The first-order chi connectivity index (χ1) is 8.83. The van der Waals surface area contributed by atoms with Gasteiger partial charge in [-0.3, -0.25) is 0 Å². The van der Waals surface area contributed by atoms with Crippen LogP contribution < -0.4 is 5.32 Å². The van der Waals surface area contributed by atoms with Crippen LogP contribution in [0.1, 0.15) is 11.6 Å². The summed E-state index contributed by atoms with van der Waals surface area (Å²) < 4.78 is 0. The molecular formula is C15H14N2S. The van der Waals surface area contributed by atoms with Crippen molar-refractivity contribution in [2.45, 2.75) is 10.9 Å². The van der Waals surface area contributed by atoms with Crippen molar-refractivity contribution in [3.05, 3.63) is 60.2 Å². The number of benzene rings is 2. The number of rotatable bonds is 4. The molecule has 0 bridgehead atoms. The molecule has 2 rings (SSSR count). The lowest BCUT2D eigenvalue weighted by atomic mass is 10.1. The topological polar surface area (TPSA) is 35.8 Å². The molecule has 90 valence electrons. The highest BCUT2D eigenvalue weighted by molar-refractivity contribution is 7.98. The van der Waals surface area contributed by atoms with E-state index in [1.165, 1.54) is 4.90 Å². The van der Waals surface area contributed by atoms with E-state index in [4.69, 9.17) is 0 Å². The Morgan fingerprint density at radius 3 is 2.56 bits per heavy atom. The smallest absolute Gasteiger partial charge is 0.140 e. The van der Waals surface area contributed by atoms with Crippen LogP contribution in [0.4, 0.5) is 5.69 Å². The monoisotopic (exact) mass is 254 g/mol. The van der Waals surface area contributed by atoms with E-state index in [0.717, 1.165) is 11.3 Å². The molecule has 0 aromatic heterocycles. The molecule has 0 radical (unpaired) electrons. The van der Waals surface area contributed by atoms with Crippen LogP contribution in [0.3, 0.4) is 0 Å². The Labute approximate surface area is 112 Å². The molecule has 0 saturated carbocycles. The van der Waals surface area contributed by atoms with Gasteiger partial charge in [-0.1, -0.05) is 36.4 Å². The summed E-state index contributed by atoms with van der Waals surface area (Å²) in [5.74, 6) is 0. The first-order valence-corrected chi connectivity index (χ1v) is 6.91. The predicted octanol–water partition coefficient (Wildman–Crippen LogP) is 4.09. The van der Waals surface area contributed by atoms with Crippen molar-refractivity contribution in [3.63, 3.8) is 0 Å². The molecule has 0 fully saturated rings. The highest BCUT2D eigenvalue weighted by Crippen LogP contribution is 2.23. The third-order valence-corrected chi connectivity index (χ3v) is 3.37. The molecule has 2 aromatic carbocycles. The SMILES string of the molecule is CSc1cccc(NC(C#N)c2ccccc2)c1. The zero-order valence-electron chi connectivity index (χ0n) is 10.1. The molecule has 0 aliphatic carbocycles. The highest BCUT2D eigenvalue weighted by Gasteiger charge is 2.09. The van der Waals surface area contributed by atoms with Crippen molar-refractivity contribution in [1.29, 1.82) is 5.26 Å². The van der Waals surface area contributed by atoms with Gasteiger partial charge in [0, 0.05) is 10.6 Å². The maximum atomic E-state index is 9.25. The lowest BCUT2D eigenvalue weighted by Gasteiger charge is -2.13. The van der Waals surface area contributed by atoms with Crippen LogP contribution in [0, 0.1) is 11.3 Å². The molecule has 1 unspecified atom stereocenters. The van der Waals surface area contributed by atoms with E-state index >= 15 is 0 Å². The van der Waals surface area contributed by atoms with Gasteiger partial charge < -0.3 is 5.32 Å². The van der Waals surface area contributed by atoms with Gasteiger partial charge in [0.05, 0.1) is 6.07 Å². The molecule has 1 N–H and O–H groups in total. The first-order valence-electron chi connectivity index (χ1n) is 5.68. The zero-order valence-corrected chi connectivity index (χ0v) is 10.9. The third kappa shape index (κ3) is 3.06. The fourth-order valence-corrected chi connectivity index (χ4v) is 2.17. The number of anilines is 1. The van der Waals surface area contributed by atoms with Gasteiger partial charge in [-0.25, -0.2) is 0 Å². The molecule has 18 heavy (non-hydrogen) atoms. The highest BCUT2D eigenvalue weighted by atomic mass is 32.2. The van der Waals surface area contributed by atoms with Crippen LogP contribution in [-0.2, 0) is 0 Å². The molecule has 0 saturated heterocycles. The van der Waals surface area contributed by atoms with Gasteiger partial charge in [-0.2, -0.15) is 5.26 Å². The van der Waals surface area contributed by atoms with Gasteiger partial charge in [0.15, 0.2) is 0 Å². The number of hydrogen-bond donors (Lipinski definition) is 1. The van der Waals surface area contributed by atoms with Gasteiger partial charge >= 0.3 is 0 Å². The average Bonchev–Trinajstić information content (AvgIpc) is 2.46. The summed E-state index contributed by atoms with van der Waals surface area (Å²) in [4.78, 5) is 1.18. The minimum absolute atomic E-state index is 0.316. The molecule has 0 amide bonds. The van der Waals surface area contributed by atoms with Crippen molar-refractivity contribution in [3.8, 4) is 6.07 Å². The molecule has 2 nitrogen and oxygen atoms in total. The van der Waals surface area contributed by atoms with E-state index < -0.39 is 0 Å². The quantitative estimate of drug-likeness (QED) is 0.835. The molecule has 0 spiro atoms. The van der Waals surface area contributed by atoms with Gasteiger partial charge in [-0.15, -0.1) is 11.8 Å². The summed E-state index contributed by atoms with van der Waals surface area (Å²) in [5, 5.41) is 12.5. The van der Waals surface area contributed by atoms with E-state index in [1.54, 1.807) is 11.8 Å². The summed E-state index contributed by atoms with van der Waals surface area (Å²) in [7, 11) is 0. The molecule has 0 heterocycles. The summed E-state index contributed by atoms with van der Waals surface area (Å²) in [6.07, 6.45) is 2.04. The van der Waals surface area contributed by atoms with Gasteiger partial charge in [-0.05, 0) is 30.0 Å². The summed E-state index contributed by atoms with van der Waals surface area (Å²) in [6, 6.07) is 19.8. The maximum Gasteiger partial charge on any atom is 0.140 e. The Kier molecular flexibility index (Phi) is 4.27. The van der Waals surface area contributed by atoms with Crippen LogP contribution in [0.15, 0.2) is 59.5 Å². The maximum absolute atomic E-state index is 9.25. The lowest BCUT2D eigenvalue weighted by molar-refractivity contribution is 0.996. The fourth-order valence-electron chi connectivity index (χ4n) is 1.72. The second-order valence-corrected chi connectivity index (χ2v) is 4.73. The summed E-state index contributed by atoms with van der Waals surface area (Å²) in [5.41, 5.74) is 1.95. The molecule has 2 aromatic rings. The Balaban J connectivity index is 2.19. The Bertz CT molecular complexity index is 546. The van der Waals surface area contributed by atoms with Crippen LogP contribution >= 0.6 is 11.8 Å². The van der Waals surface area contributed by atoms with E-state index in [0.29, 0.717) is 0 Å². The number of nitrogens with zero attached hydrogens (tertiary/aromatic N) is 1. The van der Waals surface area contributed by atoms with E-state index in [2.05, 4.69) is 23.5 Å². The molecule has 0 aliphatic rings. The Morgan fingerprint density at radius 1 is 1.11 bits per heavy atom. The summed E-state index contributed by atoms with van der Waals surface area (Å²) >= 11 is 1.69. The largest absolute Gasteiger partial charge is 0.366 e. The number of nitrogens with one attached hydrogen (secondary N) is 1. The molecule has 3 heteroatoms. The molecule has 0 aliphatic heterocycles. The van der Waals surface area contributed by atoms with Crippen LogP contribution in [0.5, 0.6) is 0 Å². The van der Waals surface area contributed by atoms with Gasteiger partial charge in [0.1, 0.15) is 6.04 Å². The third-order valence-electron chi connectivity index (χ3n) is 2.64. The van der Waals surface area contributed by atoms with E-state index in [-0.39, 0.29) is 6.04 Å². The first kappa shape index (κ1) is 12.5. The number of thioether (sulfide) groups is 1. The lowest BCUT2D eigenvalue weighted by Crippen LogP contribution is -2.08. The van der Waals surface area contributed by atoms with Gasteiger partial charge in [0.2, 0.25) is 0 Å². The number of hydrogen-bond acceptors (Lipinski definition) is 3. The van der Waals surface area contributed by atoms with Crippen LogP contribution in [0.25, 0.3) is 0 Å². The molecule has 1 atom stereocenters. The second kappa shape index (κ2) is 6.13. The van der Waals surface area contributed by atoms with Crippen molar-refractivity contribution in [2.24, 2.45) is 0 Å². The van der Waals surface area contributed by atoms with Crippen molar-refractivity contribution < 1.29 is 0 Å². The van der Waals surface area contributed by atoms with Crippen molar-refractivity contribution >= 4 is 17.4 Å². The number of nitriles is 1. The average molecular weight is 254 g/mol. The van der Waals surface area contributed by atoms with Gasteiger partial charge in [0.25, 0.3) is 0 Å². The zero-order chi connectivity index (χ0) is 12.8. The standard InChI is InChI=1S/C15H14N2S/c1-18-14-9-5-8-13(10-14)17-15(11-16)12-6-3-2-4-7-12/h2-10,15,17H,1H3. The normalized spacial score (nSPS) is 11.6. The van der Waals surface area contributed by atoms with Crippen molar-refractivity contribution in [1.82, 2.24) is 0 Å². The Morgan fingerprint density at radius 2 is 1.89 bits per heavy atom. The minimum Gasteiger partial charge on any atom is -0.366 e. The Hall–Kier alpha value is -1.92. The van der Waals surface area contributed by atoms with E-state index in [9.17, 15) is 5.26 Å².